The van der Waals surface area contributed by atoms with Crippen LogP contribution < -0.4 is 5.32 Å². The first-order valence-corrected chi connectivity index (χ1v) is 8.20. The van der Waals surface area contributed by atoms with Gasteiger partial charge in [-0.15, -0.1) is 0 Å². The zero-order valence-corrected chi connectivity index (χ0v) is 14.5. The lowest BCUT2D eigenvalue weighted by atomic mass is 10.0. The van der Waals surface area contributed by atoms with Crippen molar-refractivity contribution in [3.8, 4) is 0 Å². The number of benzene rings is 2. The van der Waals surface area contributed by atoms with Crippen molar-refractivity contribution in [1.82, 2.24) is 4.98 Å². The van der Waals surface area contributed by atoms with E-state index in [1.165, 1.54) is 36.5 Å². The van der Waals surface area contributed by atoms with Gasteiger partial charge in [0.05, 0.1) is 5.56 Å². The number of alkyl halides is 3. The third-order valence-corrected chi connectivity index (χ3v) is 4.06. The number of hydrogen-bond acceptors (Lipinski definition) is 2. The Morgan fingerprint density at radius 3 is 2.17 bits per heavy atom. The van der Waals surface area contributed by atoms with Crippen LogP contribution in [-0.2, 0) is 12.6 Å². The van der Waals surface area contributed by atoms with E-state index in [1.807, 2.05) is 0 Å². The largest absolute Gasteiger partial charge is 0.418 e. The molecular formula is C20H12F6N2O. The number of hydrogen-bond donors (Lipinski definition) is 1. The van der Waals surface area contributed by atoms with Gasteiger partial charge in [-0.3, -0.25) is 9.78 Å². The van der Waals surface area contributed by atoms with Gasteiger partial charge in [0.15, 0.2) is 0 Å². The molecule has 0 atom stereocenters. The Kier molecular flexibility index (Phi) is 5.58. The summed E-state index contributed by atoms with van der Waals surface area (Å²) in [6.45, 7) is 0. The molecular weight excluding hydrogens is 398 g/mol. The molecule has 0 bridgehead atoms. The summed E-state index contributed by atoms with van der Waals surface area (Å²) in [5.41, 5.74) is -1.09. The van der Waals surface area contributed by atoms with Crippen molar-refractivity contribution in [3.05, 3.63) is 94.6 Å². The van der Waals surface area contributed by atoms with Crippen LogP contribution in [0.15, 0.2) is 54.9 Å². The average Bonchev–Trinajstić information content (AvgIpc) is 2.62. The summed E-state index contributed by atoms with van der Waals surface area (Å²) in [5.74, 6) is -4.99. The van der Waals surface area contributed by atoms with Gasteiger partial charge in [-0.1, -0.05) is 12.1 Å². The Morgan fingerprint density at radius 1 is 0.966 bits per heavy atom. The Morgan fingerprint density at radius 2 is 1.59 bits per heavy atom. The maximum atomic E-state index is 13.7. The zero-order chi connectivity index (χ0) is 21.2. The number of nitrogens with zero attached hydrogens (tertiary/aromatic N) is 1. The molecule has 150 valence electrons. The first kappa shape index (κ1) is 20.4. The molecule has 3 rings (SSSR count). The molecule has 0 saturated heterocycles. The van der Waals surface area contributed by atoms with Crippen molar-refractivity contribution in [3.63, 3.8) is 0 Å². The first-order valence-electron chi connectivity index (χ1n) is 8.20. The number of nitrogens with one attached hydrogen (secondary N) is 1. The molecule has 0 radical (unpaired) electrons. The molecule has 0 fully saturated rings. The van der Waals surface area contributed by atoms with Gasteiger partial charge in [0.2, 0.25) is 0 Å². The van der Waals surface area contributed by atoms with E-state index in [4.69, 9.17) is 0 Å². The SMILES string of the molecule is O=C(Nc1ccc(Cc2ccncc2C(F)(F)F)cc1)c1c(F)cc(F)cc1F. The Bertz CT molecular complexity index is 1020. The van der Waals surface area contributed by atoms with Gasteiger partial charge >= 0.3 is 6.18 Å². The lowest BCUT2D eigenvalue weighted by Gasteiger charge is -2.12. The molecule has 1 amide bonds. The van der Waals surface area contributed by atoms with Gasteiger partial charge in [0, 0.05) is 30.2 Å². The molecule has 9 heteroatoms. The fourth-order valence-corrected chi connectivity index (χ4v) is 2.71. The second-order valence-electron chi connectivity index (χ2n) is 6.10. The minimum atomic E-state index is -4.54. The Labute approximate surface area is 161 Å². The predicted octanol–water partition coefficient (Wildman–Crippen LogP) is 5.36. The molecule has 0 aliphatic carbocycles. The van der Waals surface area contributed by atoms with Crippen LogP contribution in [0.3, 0.4) is 0 Å². The van der Waals surface area contributed by atoms with E-state index in [2.05, 4.69) is 10.3 Å². The fourth-order valence-electron chi connectivity index (χ4n) is 2.71. The van der Waals surface area contributed by atoms with Gasteiger partial charge in [-0.05, 0) is 35.7 Å². The van der Waals surface area contributed by atoms with Crippen LogP contribution in [0.4, 0.5) is 32.0 Å². The van der Waals surface area contributed by atoms with E-state index in [-0.39, 0.29) is 17.7 Å². The highest BCUT2D eigenvalue weighted by Crippen LogP contribution is 2.32. The van der Waals surface area contributed by atoms with Crippen molar-refractivity contribution in [2.45, 2.75) is 12.6 Å². The molecule has 29 heavy (non-hydrogen) atoms. The van der Waals surface area contributed by atoms with Gasteiger partial charge < -0.3 is 5.32 Å². The number of halogens is 6. The number of carbonyl (C=O) groups is 1. The second-order valence-corrected chi connectivity index (χ2v) is 6.10. The number of anilines is 1. The lowest BCUT2D eigenvalue weighted by molar-refractivity contribution is -0.138. The third kappa shape index (κ3) is 4.74. The topological polar surface area (TPSA) is 42.0 Å². The molecule has 1 N–H and O–H groups in total. The summed E-state index contributed by atoms with van der Waals surface area (Å²) in [7, 11) is 0. The minimum Gasteiger partial charge on any atom is -0.322 e. The predicted molar refractivity (Wildman–Crippen MR) is 92.8 cm³/mol. The molecule has 3 nitrogen and oxygen atoms in total. The molecule has 0 unspecified atom stereocenters. The van der Waals surface area contributed by atoms with E-state index >= 15 is 0 Å². The molecule has 0 aliphatic heterocycles. The Balaban J connectivity index is 1.76. The highest BCUT2D eigenvalue weighted by atomic mass is 19.4. The van der Waals surface area contributed by atoms with Crippen LogP contribution in [-0.4, -0.2) is 10.9 Å². The van der Waals surface area contributed by atoms with Crippen molar-refractivity contribution in [1.29, 1.82) is 0 Å². The number of pyridine rings is 1. The monoisotopic (exact) mass is 410 g/mol. The molecule has 0 spiro atoms. The molecule has 2 aromatic carbocycles. The van der Waals surface area contributed by atoms with E-state index in [0.717, 1.165) is 6.20 Å². The first-order chi connectivity index (χ1) is 13.6. The standard InChI is InChI=1S/C20H12F6N2O/c21-13-8-16(22)18(17(23)9-13)19(29)28-14-3-1-11(2-4-14)7-12-5-6-27-10-15(12)20(24,25)26/h1-6,8-10H,7H2,(H,28,29). The van der Waals surface area contributed by atoms with E-state index < -0.39 is 40.7 Å². The van der Waals surface area contributed by atoms with Gasteiger partial charge in [0.1, 0.15) is 23.0 Å². The summed E-state index contributed by atoms with van der Waals surface area (Å²) in [4.78, 5) is 15.5. The van der Waals surface area contributed by atoms with Crippen LogP contribution in [0.1, 0.15) is 27.0 Å². The lowest BCUT2D eigenvalue weighted by Crippen LogP contribution is -2.16. The fraction of sp³-hybridized carbons (Fsp3) is 0.100. The smallest absolute Gasteiger partial charge is 0.322 e. The van der Waals surface area contributed by atoms with Crippen LogP contribution in [0.2, 0.25) is 0 Å². The van der Waals surface area contributed by atoms with Crippen LogP contribution in [0.25, 0.3) is 0 Å². The summed E-state index contributed by atoms with van der Waals surface area (Å²) in [6, 6.07) is 7.71. The van der Waals surface area contributed by atoms with Gasteiger partial charge in [-0.25, -0.2) is 13.2 Å². The molecule has 3 aromatic rings. The number of amides is 1. The Hall–Kier alpha value is -3.36. The molecule has 0 aliphatic rings. The number of aromatic nitrogens is 1. The quantitative estimate of drug-likeness (QED) is 0.589. The van der Waals surface area contributed by atoms with Gasteiger partial charge in [0.25, 0.3) is 5.91 Å². The van der Waals surface area contributed by atoms with Crippen molar-refractivity contribution in [2.24, 2.45) is 0 Å². The highest BCUT2D eigenvalue weighted by molar-refractivity contribution is 6.04. The number of rotatable bonds is 4. The van der Waals surface area contributed by atoms with Gasteiger partial charge in [-0.2, -0.15) is 13.2 Å². The summed E-state index contributed by atoms with van der Waals surface area (Å²) >= 11 is 0. The van der Waals surface area contributed by atoms with Crippen molar-refractivity contribution >= 4 is 11.6 Å². The van der Waals surface area contributed by atoms with Crippen molar-refractivity contribution in [2.75, 3.05) is 5.32 Å². The summed E-state index contributed by atoms with van der Waals surface area (Å²) < 4.78 is 79.4. The molecule has 1 aromatic heterocycles. The van der Waals surface area contributed by atoms with Crippen LogP contribution >= 0.6 is 0 Å². The number of carbonyl (C=O) groups excluding carboxylic acids is 1. The summed E-state index contributed by atoms with van der Waals surface area (Å²) in [5, 5.41) is 2.25. The minimum absolute atomic E-state index is 0.0275. The molecule has 1 heterocycles. The van der Waals surface area contributed by atoms with E-state index in [1.54, 1.807) is 0 Å². The van der Waals surface area contributed by atoms with E-state index in [9.17, 15) is 31.1 Å². The van der Waals surface area contributed by atoms with Crippen LogP contribution in [0.5, 0.6) is 0 Å². The second kappa shape index (κ2) is 7.94. The van der Waals surface area contributed by atoms with E-state index in [0.29, 0.717) is 17.7 Å². The normalized spacial score (nSPS) is 11.4. The third-order valence-electron chi connectivity index (χ3n) is 4.06. The zero-order valence-electron chi connectivity index (χ0n) is 14.5. The molecule has 0 saturated carbocycles. The van der Waals surface area contributed by atoms with Crippen LogP contribution in [0, 0.1) is 17.5 Å². The maximum Gasteiger partial charge on any atom is 0.418 e. The maximum absolute atomic E-state index is 13.7. The summed E-state index contributed by atoms with van der Waals surface area (Å²) in [6.07, 6.45) is -2.58. The average molecular weight is 410 g/mol. The van der Waals surface area contributed by atoms with Crippen molar-refractivity contribution < 1.29 is 31.1 Å². The highest BCUT2D eigenvalue weighted by Gasteiger charge is 2.33.